The summed E-state index contributed by atoms with van der Waals surface area (Å²) in [6.45, 7) is 0. The molecule has 0 saturated carbocycles. The van der Waals surface area contributed by atoms with Crippen LogP contribution in [-0.4, -0.2) is 9.13 Å². The van der Waals surface area contributed by atoms with Crippen LogP contribution in [0.25, 0.3) is 88.4 Å². The third kappa shape index (κ3) is 5.51. The van der Waals surface area contributed by atoms with Crippen LogP contribution in [0.2, 0.25) is 0 Å². The summed E-state index contributed by atoms with van der Waals surface area (Å²) in [6.07, 6.45) is 0. The Balaban J connectivity index is 1.02. The van der Waals surface area contributed by atoms with Crippen molar-refractivity contribution in [1.29, 1.82) is 0 Å². The molecule has 2 heterocycles. The first-order valence-electron chi connectivity index (χ1n) is 22.2. The highest BCUT2D eigenvalue weighted by atomic mass is 15.0. The quantitative estimate of drug-likeness (QED) is 0.164. The number of hydrogen-bond donors (Lipinski definition) is 2. The zero-order valence-corrected chi connectivity index (χ0v) is 35.5. The molecule has 65 heavy (non-hydrogen) atoms. The van der Waals surface area contributed by atoms with Gasteiger partial charge in [0.25, 0.3) is 0 Å². The Bertz CT molecular complexity index is 3490. The third-order valence-corrected chi connectivity index (χ3v) is 13.9. The van der Waals surface area contributed by atoms with Gasteiger partial charge in [-0.2, -0.15) is 0 Å². The van der Waals surface area contributed by atoms with Crippen LogP contribution >= 0.6 is 0 Å². The molecule has 4 nitrogen and oxygen atoms in total. The van der Waals surface area contributed by atoms with Crippen molar-refractivity contribution in [3.05, 3.63) is 253 Å². The molecule has 0 bridgehead atoms. The van der Waals surface area contributed by atoms with Gasteiger partial charge in [0.2, 0.25) is 0 Å². The summed E-state index contributed by atoms with van der Waals surface area (Å²) in [7, 11) is 0. The minimum atomic E-state index is -0.688. The summed E-state index contributed by atoms with van der Waals surface area (Å²) >= 11 is 0. The van der Waals surface area contributed by atoms with Gasteiger partial charge in [0, 0.05) is 44.3 Å². The fourth-order valence-corrected chi connectivity index (χ4v) is 11.0. The number of anilines is 2. The molecule has 12 aromatic rings. The molecule has 1 aliphatic carbocycles. The molecular formula is C61H42N4. The summed E-state index contributed by atoms with van der Waals surface area (Å²) in [6, 6.07) is 83.7. The van der Waals surface area contributed by atoms with E-state index in [4.69, 9.17) is 11.5 Å². The van der Waals surface area contributed by atoms with Crippen LogP contribution in [0.4, 0.5) is 11.4 Å². The first kappa shape index (κ1) is 37.0. The molecule has 1 aliphatic rings. The molecule has 13 rings (SSSR count). The lowest BCUT2D eigenvalue weighted by atomic mass is 9.67. The highest BCUT2D eigenvalue weighted by Crippen LogP contribution is 2.58. The summed E-state index contributed by atoms with van der Waals surface area (Å²) in [5.74, 6) is 0. The van der Waals surface area contributed by atoms with Crippen molar-refractivity contribution in [3.63, 3.8) is 0 Å². The Kier molecular flexibility index (Phi) is 8.09. The topological polar surface area (TPSA) is 61.9 Å². The van der Waals surface area contributed by atoms with Crippen molar-refractivity contribution in [2.45, 2.75) is 5.41 Å². The smallest absolute Gasteiger partial charge is 0.0714 e. The highest BCUT2D eigenvalue weighted by Gasteiger charge is 2.46. The predicted molar refractivity (Wildman–Crippen MR) is 272 cm³/mol. The van der Waals surface area contributed by atoms with Gasteiger partial charge in [-0.25, -0.2) is 0 Å². The van der Waals surface area contributed by atoms with E-state index in [9.17, 15) is 0 Å². The summed E-state index contributed by atoms with van der Waals surface area (Å²) in [4.78, 5) is 0. The fourth-order valence-electron chi connectivity index (χ4n) is 11.0. The van der Waals surface area contributed by atoms with E-state index in [-0.39, 0.29) is 0 Å². The maximum absolute atomic E-state index is 6.44. The number of nitrogen functional groups attached to an aromatic ring is 2. The number of hydrogen-bond acceptors (Lipinski definition) is 2. The highest BCUT2D eigenvalue weighted by molar-refractivity contribution is 6.10. The van der Waals surface area contributed by atoms with Crippen molar-refractivity contribution in [2.75, 3.05) is 11.5 Å². The molecule has 0 amide bonds. The average Bonchev–Trinajstić information content (AvgIpc) is 3.98. The maximum Gasteiger partial charge on any atom is 0.0714 e. The minimum absolute atomic E-state index is 0.688. The second-order valence-electron chi connectivity index (χ2n) is 17.4. The molecule has 0 saturated heterocycles. The van der Waals surface area contributed by atoms with Crippen LogP contribution < -0.4 is 11.5 Å². The molecule has 2 aromatic heterocycles. The molecule has 0 aliphatic heterocycles. The molecule has 0 radical (unpaired) electrons. The Morgan fingerprint density at radius 3 is 1.00 bits per heavy atom. The zero-order valence-electron chi connectivity index (χ0n) is 35.5. The second-order valence-corrected chi connectivity index (χ2v) is 17.4. The van der Waals surface area contributed by atoms with E-state index in [1.165, 1.54) is 65.9 Å². The van der Waals surface area contributed by atoms with E-state index in [1.807, 2.05) is 24.3 Å². The Morgan fingerprint density at radius 2 is 0.631 bits per heavy atom. The standard InChI is InChI=1S/C61H42N4/c62-45-29-25-43(26-30-45)61(44-27-31-46(63)32-28-44)55-37-41(39-11-9-13-47(35-39)64-57-19-5-1-15-51(57)52-16-2-6-20-58(52)64)23-33-49(55)50-34-24-42(38-56(50)61)40-12-10-14-48(36-40)65-59-21-7-3-17-53(59)54-18-4-8-22-60(54)65/h1-38H,62-63H2. The van der Waals surface area contributed by atoms with E-state index in [0.29, 0.717) is 0 Å². The van der Waals surface area contributed by atoms with Crippen LogP contribution in [0.1, 0.15) is 22.3 Å². The average molecular weight is 831 g/mol. The van der Waals surface area contributed by atoms with E-state index < -0.39 is 5.41 Å². The first-order valence-corrected chi connectivity index (χ1v) is 22.2. The normalized spacial score (nSPS) is 12.9. The van der Waals surface area contributed by atoms with E-state index in [2.05, 4.69) is 215 Å². The van der Waals surface area contributed by atoms with Gasteiger partial charge in [-0.3, -0.25) is 0 Å². The van der Waals surface area contributed by atoms with Crippen LogP contribution in [-0.2, 0) is 5.41 Å². The van der Waals surface area contributed by atoms with Gasteiger partial charge < -0.3 is 20.6 Å². The van der Waals surface area contributed by atoms with E-state index in [1.54, 1.807) is 0 Å². The predicted octanol–water partition coefficient (Wildman–Crippen LogP) is 14.7. The van der Waals surface area contributed by atoms with Crippen LogP contribution in [0, 0.1) is 0 Å². The fraction of sp³-hybridized carbons (Fsp3) is 0.0164. The maximum atomic E-state index is 6.44. The van der Waals surface area contributed by atoms with Crippen molar-refractivity contribution < 1.29 is 0 Å². The number of nitrogens with two attached hydrogens (primary N) is 2. The van der Waals surface area contributed by atoms with Gasteiger partial charge in [0.05, 0.1) is 27.5 Å². The number of nitrogens with zero attached hydrogens (tertiary/aromatic N) is 2. The second kappa shape index (κ2) is 14.2. The number of benzene rings is 10. The molecule has 10 aromatic carbocycles. The molecule has 4 heteroatoms. The molecule has 0 fully saturated rings. The monoisotopic (exact) mass is 830 g/mol. The van der Waals surface area contributed by atoms with Crippen LogP contribution in [0.15, 0.2) is 231 Å². The Morgan fingerprint density at radius 1 is 0.292 bits per heavy atom. The molecular weight excluding hydrogens is 789 g/mol. The third-order valence-electron chi connectivity index (χ3n) is 13.9. The van der Waals surface area contributed by atoms with Gasteiger partial charge in [0.1, 0.15) is 0 Å². The van der Waals surface area contributed by atoms with Gasteiger partial charge in [0.15, 0.2) is 0 Å². The first-order chi connectivity index (χ1) is 32.0. The van der Waals surface area contributed by atoms with E-state index >= 15 is 0 Å². The summed E-state index contributed by atoms with van der Waals surface area (Å²) < 4.78 is 4.78. The zero-order chi connectivity index (χ0) is 43.2. The molecule has 4 N–H and O–H groups in total. The number of para-hydroxylation sites is 4. The van der Waals surface area contributed by atoms with Crippen molar-refractivity contribution in [1.82, 2.24) is 9.13 Å². The Hall–Kier alpha value is -8.60. The number of fused-ring (bicyclic) bond motifs is 9. The lowest BCUT2D eigenvalue weighted by molar-refractivity contribution is 0.769. The lowest BCUT2D eigenvalue weighted by Crippen LogP contribution is -2.28. The molecule has 0 unspecified atom stereocenters. The van der Waals surface area contributed by atoms with Gasteiger partial charge in [-0.15, -0.1) is 0 Å². The Labute approximate surface area is 376 Å². The summed E-state index contributed by atoms with van der Waals surface area (Å²) in [5.41, 5.74) is 32.4. The van der Waals surface area contributed by atoms with Crippen molar-refractivity contribution in [3.8, 4) is 44.8 Å². The van der Waals surface area contributed by atoms with Gasteiger partial charge >= 0.3 is 0 Å². The largest absolute Gasteiger partial charge is 0.399 e. The SMILES string of the molecule is Nc1ccc(C2(c3ccc(N)cc3)c3cc(-c4cccc(-n5c6ccccc6c6ccccc65)c4)ccc3-c3ccc(-c4cccc(-n5c6ccccc6c6ccccc65)c4)cc32)cc1. The van der Waals surface area contributed by atoms with Crippen molar-refractivity contribution >= 4 is 55.0 Å². The molecule has 306 valence electrons. The summed E-state index contributed by atoms with van der Waals surface area (Å²) in [5, 5.41) is 4.99. The lowest BCUT2D eigenvalue weighted by Gasteiger charge is -2.34. The van der Waals surface area contributed by atoms with Crippen molar-refractivity contribution in [2.24, 2.45) is 0 Å². The number of aromatic nitrogens is 2. The minimum Gasteiger partial charge on any atom is -0.399 e. The molecule has 0 atom stereocenters. The van der Waals surface area contributed by atoms with Crippen LogP contribution in [0.5, 0.6) is 0 Å². The molecule has 0 spiro atoms. The van der Waals surface area contributed by atoms with E-state index in [0.717, 1.165) is 56.1 Å². The van der Waals surface area contributed by atoms with Gasteiger partial charge in [-0.1, -0.05) is 146 Å². The van der Waals surface area contributed by atoms with Gasteiger partial charge in [-0.05, 0) is 141 Å². The number of rotatable bonds is 6. The van der Waals surface area contributed by atoms with Crippen LogP contribution in [0.3, 0.4) is 0 Å².